The van der Waals surface area contributed by atoms with Crippen molar-refractivity contribution in [3.05, 3.63) is 53.1 Å². The van der Waals surface area contributed by atoms with Gasteiger partial charge in [-0.3, -0.25) is 4.79 Å². The monoisotopic (exact) mass is 362 g/mol. The van der Waals surface area contributed by atoms with Crippen LogP contribution >= 0.6 is 11.6 Å². The molecule has 7 heteroatoms. The summed E-state index contributed by atoms with van der Waals surface area (Å²) in [7, 11) is 1.56. The smallest absolute Gasteiger partial charge is 0.265 e. The predicted molar refractivity (Wildman–Crippen MR) is 97.8 cm³/mol. The summed E-state index contributed by atoms with van der Waals surface area (Å²) < 4.78 is 10.7. The zero-order valence-electron chi connectivity index (χ0n) is 14.0. The zero-order chi connectivity index (χ0) is 18.1. The van der Waals surface area contributed by atoms with E-state index in [1.165, 1.54) is 6.21 Å². The Bertz CT molecular complexity index is 750. The SMILES string of the molecule is CCOc1ccc(/C=N\OCC(=O)Nc2cccc(Cl)c2)cc1OC. The summed E-state index contributed by atoms with van der Waals surface area (Å²) in [5.41, 5.74) is 1.36. The van der Waals surface area contributed by atoms with Crippen LogP contribution in [0.15, 0.2) is 47.6 Å². The van der Waals surface area contributed by atoms with Crippen molar-refractivity contribution in [2.75, 3.05) is 25.6 Å². The van der Waals surface area contributed by atoms with Crippen LogP contribution in [0.2, 0.25) is 5.02 Å². The highest BCUT2D eigenvalue weighted by Crippen LogP contribution is 2.27. The highest BCUT2D eigenvalue weighted by molar-refractivity contribution is 6.30. The van der Waals surface area contributed by atoms with Gasteiger partial charge in [0.1, 0.15) is 0 Å². The summed E-state index contributed by atoms with van der Waals surface area (Å²) in [6.45, 7) is 2.24. The molecule has 0 aromatic heterocycles. The molecule has 0 aliphatic rings. The molecule has 2 rings (SSSR count). The van der Waals surface area contributed by atoms with E-state index in [0.29, 0.717) is 28.8 Å². The first-order chi connectivity index (χ1) is 12.1. The molecule has 0 radical (unpaired) electrons. The Kier molecular flexibility index (Phi) is 7.10. The molecule has 0 spiro atoms. The van der Waals surface area contributed by atoms with Crippen molar-refractivity contribution in [2.45, 2.75) is 6.92 Å². The summed E-state index contributed by atoms with van der Waals surface area (Å²) >= 11 is 5.85. The predicted octanol–water partition coefficient (Wildman–Crippen LogP) is 3.74. The average molecular weight is 363 g/mol. The fourth-order valence-corrected chi connectivity index (χ4v) is 2.19. The number of rotatable bonds is 8. The van der Waals surface area contributed by atoms with Gasteiger partial charge in [-0.05, 0) is 43.3 Å². The molecule has 25 heavy (non-hydrogen) atoms. The number of hydrogen-bond acceptors (Lipinski definition) is 5. The molecular formula is C18H19ClN2O4. The van der Waals surface area contributed by atoms with Crippen LogP contribution in [0.4, 0.5) is 5.69 Å². The van der Waals surface area contributed by atoms with Crippen molar-refractivity contribution in [2.24, 2.45) is 5.16 Å². The summed E-state index contributed by atoms with van der Waals surface area (Å²) in [6.07, 6.45) is 1.49. The fraction of sp³-hybridized carbons (Fsp3) is 0.222. The van der Waals surface area contributed by atoms with Gasteiger partial charge in [-0.15, -0.1) is 0 Å². The van der Waals surface area contributed by atoms with E-state index in [-0.39, 0.29) is 12.5 Å². The number of hydrogen-bond donors (Lipinski definition) is 1. The fourth-order valence-electron chi connectivity index (χ4n) is 2.00. The number of nitrogens with zero attached hydrogens (tertiary/aromatic N) is 1. The average Bonchev–Trinajstić information content (AvgIpc) is 2.60. The number of carbonyl (C=O) groups excluding carboxylic acids is 1. The number of oxime groups is 1. The van der Waals surface area contributed by atoms with Gasteiger partial charge in [0.15, 0.2) is 18.1 Å². The van der Waals surface area contributed by atoms with E-state index >= 15 is 0 Å². The van der Waals surface area contributed by atoms with Crippen LogP contribution in [0.5, 0.6) is 11.5 Å². The first-order valence-electron chi connectivity index (χ1n) is 7.64. The van der Waals surface area contributed by atoms with E-state index in [2.05, 4.69) is 10.5 Å². The molecule has 2 aromatic rings. The molecule has 1 amide bonds. The van der Waals surface area contributed by atoms with Crippen molar-refractivity contribution in [1.82, 2.24) is 0 Å². The molecule has 0 aliphatic heterocycles. The quantitative estimate of drug-likeness (QED) is 0.573. The van der Waals surface area contributed by atoms with Gasteiger partial charge in [0, 0.05) is 16.3 Å². The topological polar surface area (TPSA) is 69.2 Å². The minimum atomic E-state index is -0.330. The van der Waals surface area contributed by atoms with E-state index in [0.717, 1.165) is 5.56 Å². The van der Waals surface area contributed by atoms with E-state index in [1.54, 1.807) is 43.5 Å². The Morgan fingerprint density at radius 2 is 2.08 bits per heavy atom. The first-order valence-corrected chi connectivity index (χ1v) is 8.01. The largest absolute Gasteiger partial charge is 0.493 e. The van der Waals surface area contributed by atoms with Crippen LogP contribution in [0.3, 0.4) is 0 Å². The number of ether oxygens (including phenoxy) is 2. The Morgan fingerprint density at radius 3 is 2.80 bits per heavy atom. The molecule has 0 heterocycles. The summed E-state index contributed by atoms with van der Waals surface area (Å²) in [5.74, 6) is 0.928. The maximum Gasteiger partial charge on any atom is 0.265 e. The van der Waals surface area contributed by atoms with Crippen LogP contribution in [-0.4, -0.2) is 32.4 Å². The van der Waals surface area contributed by atoms with Crippen molar-refractivity contribution in [3.63, 3.8) is 0 Å². The van der Waals surface area contributed by atoms with Gasteiger partial charge in [0.2, 0.25) is 0 Å². The third-order valence-corrected chi connectivity index (χ3v) is 3.30. The van der Waals surface area contributed by atoms with E-state index < -0.39 is 0 Å². The van der Waals surface area contributed by atoms with Crippen LogP contribution in [-0.2, 0) is 9.63 Å². The minimum Gasteiger partial charge on any atom is -0.493 e. The third-order valence-electron chi connectivity index (χ3n) is 3.07. The number of amides is 1. The lowest BCUT2D eigenvalue weighted by molar-refractivity contribution is -0.120. The first kappa shape index (κ1) is 18.6. The van der Waals surface area contributed by atoms with Crippen LogP contribution in [0.1, 0.15) is 12.5 Å². The number of nitrogens with one attached hydrogen (secondary N) is 1. The van der Waals surface area contributed by atoms with Gasteiger partial charge < -0.3 is 19.6 Å². The number of anilines is 1. The second kappa shape index (κ2) is 9.54. The van der Waals surface area contributed by atoms with E-state index in [9.17, 15) is 4.79 Å². The molecule has 0 bridgehead atoms. The molecule has 1 N–H and O–H groups in total. The molecule has 0 fully saturated rings. The maximum atomic E-state index is 11.8. The molecule has 132 valence electrons. The minimum absolute atomic E-state index is 0.211. The lowest BCUT2D eigenvalue weighted by Crippen LogP contribution is -2.16. The third kappa shape index (κ3) is 6.00. The molecule has 0 atom stereocenters. The number of carbonyl (C=O) groups is 1. The van der Waals surface area contributed by atoms with Crippen molar-refractivity contribution >= 4 is 29.4 Å². The summed E-state index contributed by atoms with van der Waals surface area (Å²) in [5, 5.41) is 6.99. The molecule has 0 saturated carbocycles. The zero-order valence-corrected chi connectivity index (χ0v) is 14.7. The molecular weight excluding hydrogens is 344 g/mol. The molecule has 0 aliphatic carbocycles. The van der Waals surface area contributed by atoms with Gasteiger partial charge in [0.05, 0.1) is 19.9 Å². The normalized spacial score (nSPS) is 10.5. The summed E-state index contributed by atoms with van der Waals surface area (Å²) in [4.78, 5) is 16.8. The second-order valence-corrected chi connectivity index (χ2v) is 5.35. The Hall–Kier alpha value is -2.73. The Morgan fingerprint density at radius 1 is 1.24 bits per heavy atom. The van der Waals surface area contributed by atoms with E-state index in [1.807, 2.05) is 13.0 Å². The second-order valence-electron chi connectivity index (χ2n) is 4.91. The van der Waals surface area contributed by atoms with Crippen LogP contribution in [0.25, 0.3) is 0 Å². The lowest BCUT2D eigenvalue weighted by atomic mass is 10.2. The molecule has 2 aromatic carbocycles. The number of halogens is 1. The Labute approximate surface area is 151 Å². The molecule has 6 nitrogen and oxygen atoms in total. The van der Waals surface area contributed by atoms with E-state index in [4.69, 9.17) is 25.9 Å². The van der Waals surface area contributed by atoms with Crippen LogP contribution < -0.4 is 14.8 Å². The van der Waals surface area contributed by atoms with Crippen molar-refractivity contribution < 1.29 is 19.1 Å². The lowest BCUT2D eigenvalue weighted by Gasteiger charge is -2.09. The highest BCUT2D eigenvalue weighted by Gasteiger charge is 2.05. The van der Waals surface area contributed by atoms with Gasteiger partial charge in [-0.25, -0.2) is 0 Å². The Balaban J connectivity index is 1.85. The van der Waals surface area contributed by atoms with Gasteiger partial charge in [-0.2, -0.15) is 0 Å². The van der Waals surface area contributed by atoms with Crippen molar-refractivity contribution in [3.8, 4) is 11.5 Å². The number of methoxy groups -OCH3 is 1. The maximum absolute atomic E-state index is 11.8. The molecule has 0 unspecified atom stereocenters. The summed E-state index contributed by atoms with van der Waals surface area (Å²) in [6, 6.07) is 12.2. The van der Waals surface area contributed by atoms with Gasteiger partial charge in [-0.1, -0.05) is 22.8 Å². The van der Waals surface area contributed by atoms with Crippen molar-refractivity contribution in [1.29, 1.82) is 0 Å². The van der Waals surface area contributed by atoms with Gasteiger partial charge >= 0.3 is 0 Å². The standard InChI is InChI=1S/C18H19ClN2O4/c1-3-24-16-8-7-13(9-17(16)23-2)11-20-25-12-18(22)21-15-6-4-5-14(19)10-15/h4-11H,3,12H2,1-2H3,(H,21,22)/b20-11-. The number of benzene rings is 2. The highest BCUT2D eigenvalue weighted by atomic mass is 35.5. The van der Waals surface area contributed by atoms with Gasteiger partial charge in [0.25, 0.3) is 5.91 Å². The van der Waals surface area contributed by atoms with Crippen LogP contribution in [0, 0.1) is 0 Å². The molecule has 0 saturated heterocycles.